The number of pyridine rings is 1. The van der Waals surface area contributed by atoms with Crippen LogP contribution in [0.15, 0.2) is 39.9 Å². The Labute approximate surface area is 161 Å². The molecule has 0 bridgehead atoms. The molecule has 0 spiro atoms. The van der Waals surface area contributed by atoms with Gasteiger partial charge in [0.05, 0.1) is 10.9 Å². The minimum Gasteiger partial charge on any atom is -0.406 e. The van der Waals surface area contributed by atoms with Crippen LogP contribution in [0.5, 0.6) is 5.75 Å². The summed E-state index contributed by atoms with van der Waals surface area (Å²) in [5.74, 6) is -1.12. The summed E-state index contributed by atoms with van der Waals surface area (Å²) in [6.45, 7) is 1.60. The van der Waals surface area contributed by atoms with Crippen molar-refractivity contribution in [1.29, 1.82) is 0 Å². The molecular weight excluding hydrogens is 393 g/mol. The van der Waals surface area contributed by atoms with E-state index in [2.05, 4.69) is 15.0 Å². The number of aryl methyl sites for hydroxylation is 2. The lowest BCUT2D eigenvalue weighted by molar-refractivity contribution is -0.274. The van der Waals surface area contributed by atoms with Gasteiger partial charge in [-0.1, -0.05) is 0 Å². The van der Waals surface area contributed by atoms with Gasteiger partial charge in [-0.15, -0.1) is 13.2 Å². The zero-order chi connectivity index (χ0) is 21.5. The van der Waals surface area contributed by atoms with Crippen molar-refractivity contribution in [2.24, 2.45) is 14.1 Å². The summed E-state index contributed by atoms with van der Waals surface area (Å²) in [4.78, 5) is 41.6. The van der Waals surface area contributed by atoms with Crippen LogP contribution in [0.2, 0.25) is 0 Å². The molecular formula is C18H15F3N4O4. The molecule has 0 atom stereocenters. The largest absolute Gasteiger partial charge is 0.573 e. The number of nitrogens with zero attached hydrogens (tertiary/aromatic N) is 3. The van der Waals surface area contributed by atoms with Crippen LogP contribution in [-0.4, -0.2) is 26.4 Å². The fourth-order valence-corrected chi connectivity index (χ4v) is 2.80. The smallest absolute Gasteiger partial charge is 0.406 e. The van der Waals surface area contributed by atoms with Gasteiger partial charge in [0.1, 0.15) is 11.4 Å². The van der Waals surface area contributed by atoms with E-state index in [0.717, 1.165) is 21.3 Å². The third-order valence-electron chi connectivity index (χ3n) is 4.13. The SMILES string of the molecule is Cc1cc(C(=O)Nc2ccc(OC(F)(F)F)cc2)c2c(=O)n(C)c(=O)n(C)c2n1. The fourth-order valence-electron chi connectivity index (χ4n) is 2.80. The number of carbonyl (C=O) groups excluding carboxylic acids is 1. The van der Waals surface area contributed by atoms with Crippen LogP contribution in [0.4, 0.5) is 18.9 Å². The summed E-state index contributed by atoms with van der Waals surface area (Å²) in [6.07, 6.45) is -4.83. The van der Waals surface area contributed by atoms with E-state index in [1.54, 1.807) is 6.92 Å². The number of aromatic nitrogens is 3. The minimum absolute atomic E-state index is 0.0145. The first kappa shape index (κ1) is 20.1. The summed E-state index contributed by atoms with van der Waals surface area (Å²) in [5, 5.41) is 2.46. The number of amides is 1. The quantitative estimate of drug-likeness (QED) is 0.716. The molecule has 0 aliphatic heterocycles. The first-order valence-corrected chi connectivity index (χ1v) is 8.22. The van der Waals surface area contributed by atoms with Crippen molar-refractivity contribution in [3.05, 3.63) is 62.4 Å². The number of halogens is 3. The van der Waals surface area contributed by atoms with Gasteiger partial charge in [0.25, 0.3) is 11.5 Å². The molecule has 0 saturated carbocycles. The molecule has 2 heterocycles. The maximum atomic E-state index is 12.8. The van der Waals surface area contributed by atoms with Gasteiger partial charge in [-0.2, -0.15) is 0 Å². The number of fused-ring (bicyclic) bond motifs is 1. The van der Waals surface area contributed by atoms with Gasteiger partial charge in [0, 0.05) is 25.5 Å². The zero-order valence-electron chi connectivity index (χ0n) is 15.5. The van der Waals surface area contributed by atoms with Crippen LogP contribution >= 0.6 is 0 Å². The van der Waals surface area contributed by atoms with Crippen molar-refractivity contribution >= 4 is 22.6 Å². The van der Waals surface area contributed by atoms with Gasteiger partial charge >= 0.3 is 12.1 Å². The topological polar surface area (TPSA) is 95.2 Å². The van der Waals surface area contributed by atoms with E-state index in [-0.39, 0.29) is 22.3 Å². The van der Waals surface area contributed by atoms with Crippen molar-refractivity contribution < 1.29 is 22.7 Å². The van der Waals surface area contributed by atoms with E-state index in [4.69, 9.17) is 0 Å². The number of alkyl halides is 3. The molecule has 3 rings (SSSR count). The summed E-state index contributed by atoms with van der Waals surface area (Å²) in [7, 11) is 2.71. The number of hydrogen-bond acceptors (Lipinski definition) is 5. The highest BCUT2D eigenvalue weighted by atomic mass is 19.4. The molecule has 0 radical (unpaired) electrons. The molecule has 29 heavy (non-hydrogen) atoms. The molecule has 0 fully saturated rings. The molecule has 1 aromatic carbocycles. The number of nitrogens with one attached hydrogen (secondary N) is 1. The molecule has 3 aromatic rings. The second kappa shape index (κ2) is 7.08. The van der Waals surface area contributed by atoms with E-state index in [1.807, 2.05) is 0 Å². The van der Waals surface area contributed by atoms with E-state index in [1.165, 1.54) is 32.3 Å². The van der Waals surface area contributed by atoms with Crippen molar-refractivity contribution in [1.82, 2.24) is 14.1 Å². The van der Waals surface area contributed by atoms with E-state index in [0.29, 0.717) is 5.69 Å². The molecule has 8 nitrogen and oxygen atoms in total. The summed E-state index contributed by atoms with van der Waals surface area (Å²) in [5.41, 5.74) is -0.646. The van der Waals surface area contributed by atoms with Gasteiger partial charge in [-0.3, -0.25) is 18.7 Å². The van der Waals surface area contributed by atoms with E-state index < -0.39 is 29.3 Å². The highest BCUT2D eigenvalue weighted by molar-refractivity contribution is 6.11. The van der Waals surface area contributed by atoms with Gasteiger partial charge in [0.2, 0.25) is 0 Å². The first-order chi connectivity index (χ1) is 13.5. The lowest BCUT2D eigenvalue weighted by Crippen LogP contribution is -2.38. The molecule has 152 valence electrons. The predicted molar refractivity (Wildman–Crippen MR) is 98.0 cm³/mol. The lowest BCUT2D eigenvalue weighted by atomic mass is 10.1. The van der Waals surface area contributed by atoms with E-state index in [9.17, 15) is 27.6 Å². The average Bonchev–Trinajstić information content (AvgIpc) is 2.64. The van der Waals surface area contributed by atoms with Crippen molar-refractivity contribution in [2.45, 2.75) is 13.3 Å². The van der Waals surface area contributed by atoms with Gasteiger partial charge < -0.3 is 10.1 Å². The predicted octanol–water partition coefficient (Wildman–Crippen LogP) is 2.09. The normalized spacial score (nSPS) is 11.5. The molecule has 1 amide bonds. The standard InChI is InChI=1S/C18H15F3N4O4/c1-9-8-12(13-14(22-9)24(2)17(28)25(3)16(13)27)15(26)23-10-4-6-11(7-5-10)29-18(19,20)21/h4-8H,1-3H3,(H,23,26). The second-order valence-corrected chi connectivity index (χ2v) is 6.24. The van der Waals surface area contributed by atoms with Crippen LogP contribution in [0.1, 0.15) is 16.1 Å². The first-order valence-electron chi connectivity index (χ1n) is 8.22. The Bertz CT molecular complexity index is 1230. The number of rotatable bonds is 3. The molecule has 1 N–H and O–H groups in total. The Morgan fingerprint density at radius 1 is 1.10 bits per heavy atom. The van der Waals surface area contributed by atoms with Gasteiger partial charge in [-0.05, 0) is 37.3 Å². The Morgan fingerprint density at radius 2 is 1.72 bits per heavy atom. The molecule has 0 aliphatic rings. The van der Waals surface area contributed by atoms with Crippen LogP contribution in [-0.2, 0) is 14.1 Å². The number of benzene rings is 1. The molecule has 0 unspecified atom stereocenters. The average molecular weight is 408 g/mol. The summed E-state index contributed by atoms with van der Waals surface area (Å²) < 4.78 is 42.5. The number of carbonyl (C=O) groups is 1. The number of ether oxygens (including phenoxy) is 1. The number of anilines is 1. The van der Waals surface area contributed by atoms with Crippen molar-refractivity contribution in [3.8, 4) is 5.75 Å². The maximum absolute atomic E-state index is 12.8. The number of hydrogen-bond donors (Lipinski definition) is 1. The Balaban J connectivity index is 2.02. The van der Waals surface area contributed by atoms with Crippen molar-refractivity contribution in [2.75, 3.05) is 5.32 Å². The highest BCUT2D eigenvalue weighted by Crippen LogP contribution is 2.24. The summed E-state index contributed by atoms with van der Waals surface area (Å²) >= 11 is 0. The Hall–Kier alpha value is -3.63. The van der Waals surface area contributed by atoms with Crippen molar-refractivity contribution in [3.63, 3.8) is 0 Å². The molecule has 0 saturated heterocycles. The minimum atomic E-state index is -4.83. The van der Waals surface area contributed by atoms with Crippen LogP contribution in [0, 0.1) is 6.92 Å². The van der Waals surface area contributed by atoms with Crippen LogP contribution in [0.25, 0.3) is 11.0 Å². The fraction of sp³-hybridized carbons (Fsp3) is 0.222. The van der Waals surface area contributed by atoms with Crippen LogP contribution in [0.3, 0.4) is 0 Å². The molecule has 2 aromatic heterocycles. The third-order valence-corrected chi connectivity index (χ3v) is 4.13. The molecule has 0 aliphatic carbocycles. The van der Waals surface area contributed by atoms with E-state index >= 15 is 0 Å². The highest BCUT2D eigenvalue weighted by Gasteiger charge is 2.31. The van der Waals surface area contributed by atoms with Gasteiger partial charge in [0.15, 0.2) is 0 Å². The second-order valence-electron chi connectivity index (χ2n) is 6.24. The summed E-state index contributed by atoms with van der Waals surface area (Å²) in [6, 6.07) is 5.93. The monoisotopic (exact) mass is 408 g/mol. The lowest BCUT2D eigenvalue weighted by Gasteiger charge is -2.12. The Kier molecular flexibility index (Phi) is 4.91. The zero-order valence-corrected chi connectivity index (χ0v) is 15.5. The van der Waals surface area contributed by atoms with Gasteiger partial charge in [-0.25, -0.2) is 9.78 Å². The third kappa shape index (κ3) is 3.98. The molecule has 11 heteroatoms. The Morgan fingerprint density at radius 3 is 2.31 bits per heavy atom. The van der Waals surface area contributed by atoms with Crippen LogP contribution < -0.4 is 21.3 Å². The maximum Gasteiger partial charge on any atom is 0.573 e.